The summed E-state index contributed by atoms with van der Waals surface area (Å²) in [5, 5.41) is 0. The predicted molar refractivity (Wildman–Crippen MR) is 44.9 cm³/mol. The van der Waals surface area contributed by atoms with Crippen molar-refractivity contribution >= 4 is 18.0 Å². The standard InChI is InChI=1S/C7H10N2OS/c1-6(10)5-9-4-3-8(2)7(9)11/h3-4H,5H2,1-2H3. The number of hydrogen-bond acceptors (Lipinski definition) is 2. The highest BCUT2D eigenvalue weighted by Gasteiger charge is 1.97. The maximum absolute atomic E-state index is 10.7. The van der Waals surface area contributed by atoms with Crippen LogP contribution in [0.5, 0.6) is 0 Å². The van der Waals surface area contributed by atoms with Gasteiger partial charge in [-0.05, 0) is 19.1 Å². The fraction of sp³-hybridized carbons (Fsp3) is 0.429. The molecule has 0 atom stereocenters. The minimum Gasteiger partial charge on any atom is -0.327 e. The zero-order valence-electron chi connectivity index (χ0n) is 6.57. The molecule has 60 valence electrons. The van der Waals surface area contributed by atoms with E-state index in [1.165, 1.54) is 0 Å². The van der Waals surface area contributed by atoms with Gasteiger partial charge in [-0.15, -0.1) is 0 Å². The molecular formula is C7H10N2OS. The Bertz CT molecular complexity index is 323. The van der Waals surface area contributed by atoms with Gasteiger partial charge in [-0.1, -0.05) is 0 Å². The Morgan fingerprint density at radius 2 is 2.27 bits per heavy atom. The lowest BCUT2D eigenvalue weighted by Gasteiger charge is -1.96. The topological polar surface area (TPSA) is 26.9 Å². The SMILES string of the molecule is CC(=O)Cn1ccn(C)c1=S. The second kappa shape index (κ2) is 3.00. The van der Waals surface area contributed by atoms with E-state index in [9.17, 15) is 4.79 Å². The van der Waals surface area contributed by atoms with Gasteiger partial charge in [-0.3, -0.25) is 4.79 Å². The van der Waals surface area contributed by atoms with Crippen LogP contribution in [0, 0.1) is 4.77 Å². The van der Waals surface area contributed by atoms with Crippen LogP contribution in [0.4, 0.5) is 0 Å². The van der Waals surface area contributed by atoms with Crippen molar-refractivity contribution in [1.82, 2.24) is 9.13 Å². The first-order valence-electron chi connectivity index (χ1n) is 3.32. The predicted octanol–water partition coefficient (Wildman–Crippen LogP) is 1.15. The van der Waals surface area contributed by atoms with Crippen molar-refractivity contribution in [2.75, 3.05) is 0 Å². The van der Waals surface area contributed by atoms with E-state index in [-0.39, 0.29) is 5.78 Å². The monoisotopic (exact) mass is 170 g/mol. The second-order valence-electron chi connectivity index (χ2n) is 2.52. The van der Waals surface area contributed by atoms with Crippen molar-refractivity contribution in [2.45, 2.75) is 13.5 Å². The summed E-state index contributed by atoms with van der Waals surface area (Å²) < 4.78 is 4.23. The lowest BCUT2D eigenvalue weighted by molar-refractivity contribution is -0.117. The Labute approximate surface area is 70.3 Å². The quantitative estimate of drug-likeness (QED) is 0.622. The Balaban J connectivity index is 2.97. The maximum Gasteiger partial charge on any atom is 0.179 e. The lowest BCUT2D eigenvalue weighted by atomic mass is 10.4. The summed E-state index contributed by atoms with van der Waals surface area (Å²) >= 11 is 5.02. The van der Waals surface area contributed by atoms with Crippen molar-refractivity contribution < 1.29 is 4.79 Å². The third-order valence-electron chi connectivity index (χ3n) is 1.41. The molecule has 0 saturated carbocycles. The molecule has 0 N–H and O–H groups in total. The highest BCUT2D eigenvalue weighted by molar-refractivity contribution is 7.71. The molecule has 0 radical (unpaired) electrons. The molecule has 0 aromatic carbocycles. The minimum absolute atomic E-state index is 0.118. The Kier molecular flexibility index (Phi) is 2.24. The molecule has 0 bridgehead atoms. The van der Waals surface area contributed by atoms with Crippen molar-refractivity contribution in [3.8, 4) is 0 Å². The molecule has 3 nitrogen and oxygen atoms in total. The summed E-state index contributed by atoms with van der Waals surface area (Å²) in [6, 6.07) is 0. The second-order valence-corrected chi connectivity index (χ2v) is 2.89. The van der Waals surface area contributed by atoms with E-state index in [0.717, 1.165) is 0 Å². The number of aryl methyl sites for hydroxylation is 1. The van der Waals surface area contributed by atoms with Gasteiger partial charge in [0.25, 0.3) is 0 Å². The van der Waals surface area contributed by atoms with Gasteiger partial charge in [0.15, 0.2) is 4.77 Å². The van der Waals surface area contributed by atoms with Gasteiger partial charge in [-0.25, -0.2) is 0 Å². The van der Waals surface area contributed by atoms with Crippen LogP contribution in [0.1, 0.15) is 6.92 Å². The van der Waals surface area contributed by atoms with Gasteiger partial charge in [0, 0.05) is 19.4 Å². The number of imidazole rings is 1. The van der Waals surface area contributed by atoms with Crippen molar-refractivity contribution in [2.24, 2.45) is 7.05 Å². The molecule has 1 rings (SSSR count). The summed E-state index contributed by atoms with van der Waals surface area (Å²) in [5.74, 6) is 0.118. The third-order valence-corrected chi connectivity index (χ3v) is 1.93. The van der Waals surface area contributed by atoms with Crippen molar-refractivity contribution in [1.29, 1.82) is 0 Å². The molecule has 1 aromatic rings. The maximum atomic E-state index is 10.7. The van der Waals surface area contributed by atoms with Gasteiger partial charge in [0.1, 0.15) is 5.78 Å². The first kappa shape index (κ1) is 8.20. The van der Waals surface area contributed by atoms with Gasteiger partial charge in [0.2, 0.25) is 0 Å². The van der Waals surface area contributed by atoms with E-state index < -0.39 is 0 Å². The minimum atomic E-state index is 0.118. The summed E-state index contributed by atoms with van der Waals surface area (Å²) in [5.41, 5.74) is 0. The van der Waals surface area contributed by atoms with Crippen LogP contribution in [0.3, 0.4) is 0 Å². The van der Waals surface area contributed by atoms with E-state index in [2.05, 4.69) is 0 Å². The zero-order valence-corrected chi connectivity index (χ0v) is 7.39. The van der Waals surface area contributed by atoms with Crippen LogP contribution in [0.2, 0.25) is 0 Å². The van der Waals surface area contributed by atoms with E-state index in [0.29, 0.717) is 11.3 Å². The van der Waals surface area contributed by atoms with E-state index in [1.54, 1.807) is 16.1 Å². The molecule has 0 amide bonds. The highest BCUT2D eigenvalue weighted by atomic mass is 32.1. The van der Waals surface area contributed by atoms with Crippen LogP contribution in [0.25, 0.3) is 0 Å². The Morgan fingerprint density at radius 1 is 1.64 bits per heavy atom. The van der Waals surface area contributed by atoms with E-state index >= 15 is 0 Å². The van der Waals surface area contributed by atoms with Crippen molar-refractivity contribution in [3.05, 3.63) is 17.2 Å². The Hall–Kier alpha value is -0.900. The van der Waals surface area contributed by atoms with E-state index in [1.807, 2.05) is 19.4 Å². The molecule has 0 saturated heterocycles. The third kappa shape index (κ3) is 1.77. The van der Waals surface area contributed by atoms with Gasteiger partial charge < -0.3 is 9.13 Å². The fourth-order valence-electron chi connectivity index (χ4n) is 0.871. The number of carbonyl (C=O) groups is 1. The molecule has 0 aliphatic carbocycles. The number of rotatable bonds is 2. The molecule has 1 aromatic heterocycles. The number of carbonyl (C=O) groups excluding carboxylic acids is 1. The lowest BCUT2D eigenvalue weighted by Crippen LogP contribution is -2.05. The van der Waals surface area contributed by atoms with Gasteiger partial charge in [-0.2, -0.15) is 0 Å². The van der Waals surface area contributed by atoms with Crippen LogP contribution >= 0.6 is 12.2 Å². The average molecular weight is 170 g/mol. The van der Waals surface area contributed by atoms with Crippen LogP contribution in [-0.2, 0) is 18.4 Å². The molecule has 0 spiro atoms. The number of nitrogens with zero attached hydrogens (tertiary/aromatic N) is 2. The molecule has 1 heterocycles. The Morgan fingerprint density at radius 3 is 2.64 bits per heavy atom. The molecule has 0 fully saturated rings. The fourth-order valence-corrected chi connectivity index (χ4v) is 1.06. The van der Waals surface area contributed by atoms with Crippen LogP contribution < -0.4 is 0 Å². The molecule has 11 heavy (non-hydrogen) atoms. The smallest absolute Gasteiger partial charge is 0.179 e. The first-order valence-corrected chi connectivity index (χ1v) is 3.73. The molecule has 0 aliphatic heterocycles. The number of ketones is 1. The summed E-state index contributed by atoms with van der Waals surface area (Å²) in [6.45, 7) is 1.93. The zero-order chi connectivity index (χ0) is 8.43. The molecule has 4 heteroatoms. The molecule has 0 aliphatic rings. The van der Waals surface area contributed by atoms with Crippen LogP contribution in [0.15, 0.2) is 12.4 Å². The van der Waals surface area contributed by atoms with Gasteiger partial charge >= 0.3 is 0 Å². The number of Topliss-reactive ketones (excluding diaryl/α,β-unsaturated/α-hetero) is 1. The first-order chi connectivity index (χ1) is 5.11. The molecular weight excluding hydrogens is 160 g/mol. The van der Waals surface area contributed by atoms with Crippen LogP contribution in [-0.4, -0.2) is 14.9 Å². The van der Waals surface area contributed by atoms with Gasteiger partial charge in [0.05, 0.1) is 6.54 Å². The largest absolute Gasteiger partial charge is 0.327 e. The highest BCUT2D eigenvalue weighted by Crippen LogP contribution is 1.94. The number of hydrogen-bond donors (Lipinski definition) is 0. The average Bonchev–Trinajstić information content (AvgIpc) is 2.18. The number of aromatic nitrogens is 2. The molecule has 0 unspecified atom stereocenters. The normalized spacial score (nSPS) is 10.0. The van der Waals surface area contributed by atoms with Crippen molar-refractivity contribution in [3.63, 3.8) is 0 Å². The van der Waals surface area contributed by atoms with E-state index in [4.69, 9.17) is 12.2 Å². The summed E-state index contributed by atoms with van der Waals surface area (Å²) in [4.78, 5) is 10.7. The summed E-state index contributed by atoms with van der Waals surface area (Å²) in [7, 11) is 1.86. The summed E-state index contributed by atoms with van der Waals surface area (Å²) in [6.07, 6.45) is 3.65.